The van der Waals surface area contributed by atoms with E-state index in [2.05, 4.69) is 0 Å². The fourth-order valence-corrected chi connectivity index (χ4v) is 0. The molecule has 0 unspecified atom stereocenters. The largest absolute Gasteiger partial charge is 1.00 e. The molecule has 0 aromatic rings. The highest BCUT2D eigenvalue weighted by atomic mass is 19.0. The summed E-state index contributed by atoms with van der Waals surface area (Å²) < 4.78 is 0. The molecular formula is BF4-4. The van der Waals surface area contributed by atoms with Gasteiger partial charge in [0.2, 0.25) is 0 Å². The molecule has 0 amide bonds. The Hall–Kier alpha value is -0.215. The maximum atomic E-state index is 0. The van der Waals surface area contributed by atoms with Crippen molar-refractivity contribution in [1.82, 2.24) is 0 Å². The molecule has 5 heavy (non-hydrogen) atoms. The Morgan fingerprint density at radius 3 is 0.400 bits per heavy atom. The predicted octanol–water partition coefficient (Wildman–Crippen LogP) is -12.4. The van der Waals surface area contributed by atoms with Gasteiger partial charge >= 0.3 is 0 Å². The van der Waals surface area contributed by atoms with Crippen molar-refractivity contribution < 1.29 is 18.8 Å². The van der Waals surface area contributed by atoms with Gasteiger partial charge in [-0.15, -0.1) is 0 Å². The van der Waals surface area contributed by atoms with Gasteiger partial charge in [0.1, 0.15) is 0 Å². The summed E-state index contributed by atoms with van der Waals surface area (Å²) >= 11 is 0. The highest BCUT2D eigenvalue weighted by Crippen LogP contribution is -0.381. The molecule has 0 aliphatic rings. The van der Waals surface area contributed by atoms with Crippen molar-refractivity contribution in [3.63, 3.8) is 0 Å². The van der Waals surface area contributed by atoms with Crippen LogP contribution in [0.1, 0.15) is 0 Å². The second kappa shape index (κ2) is 635. The average molecular weight is 86.8 g/mol. The van der Waals surface area contributed by atoms with E-state index in [1.165, 1.54) is 0 Å². The SMILES string of the molecule is [B].[F-].[F-].[F-].[F-]. The lowest BCUT2D eigenvalue weighted by Gasteiger charge is -1.00. The van der Waals surface area contributed by atoms with Gasteiger partial charge in [-0.2, -0.15) is 0 Å². The standard InChI is InChI=1S/B.4FH/h;4*1H/p-4. The molecule has 3 radical (unpaired) electrons. The van der Waals surface area contributed by atoms with E-state index < -0.39 is 0 Å². The molecule has 0 nitrogen and oxygen atoms in total. The van der Waals surface area contributed by atoms with E-state index >= 15 is 0 Å². The third kappa shape index (κ3) is 261. The van der Waals surface area contributed by atoms with E-state index in [1.807, 2.05) is 0 Å². The van der Waals surface area contributed by atoms with Gasteiger partial charge in [0.05, 0.1) is 0 Å². The lowest BCUT2D eigenvalue weighted by Crippen LogP contribution is -3.00. The number of rotatable bonds is 0. The predicted molar refractivity (Wildman–Crippen MR) is 5.75 cm³/mol. The normalized spacial score (nSPS) is 0. The van der Waals surface area contributed by atoms with Crippen LogP contribution < -0.4 is 18.8 Å². The topological polar surface area (TPSA) is 0 Å². The minimum Gasteiger partial charge on any atom is -1.00 e. The van der Waals surface area contributed by atoms with Crippen LogP contribution in [-0.4, -0.2) is 8.41 Å². The second-order valence-electron chi connectivity index (χ2n) is 0. The molecule has 0 aromatic carbocycles. The van der Waals surface area contributed by atoms with Crippen LogP contribution in [0.15, 0.2) is 0 Å². The van der Waals surface area contributed by atoms with Crippen LogP contribution in [0.5, 0.6) is 0 Å². The lowest BCUT2D eigenvalue weighted by atomic mass is 10.8. The molecular weight excluding hydrogens is 86.8 g/mol. The van der Waals surface area contributed by atoms with Gasteiger partial charge in [-0.25, -0.2) is 0 Å². The van der Waals surface area contributed by atoms with Crippen LogP contribution in [0.3, 0.4) is 0 Å². The zero-order valence-electron chi connectivity index (χ0n) is 2.09. The van der Waals surface area contributed by atoms with Crippen molar-refractivity contribution in [2.24, 2.45) is 0 Å². The highest BCUT2D eigenvalue weighted by Gasteiger charge is 0.00000401. The summed E-state index contributed by atoms with van der Waals surface area (Å²) in [6, 6.07) is 0. The quantitative estimate of drug-likeness (QED) is 0.203. The van der Waals surface area contributed by atoms with Crippen molar-refractivity contribution in [3.8, 4) is 0 Å². The Balaban J connectivity index is 0. The van der Waals surface area contributed by atoms with Crippen molar-refractivity contribution in [2.75, 3.05) is 0 Å². The minimum absolute atomic E-state index is 0. The number of hydrogen-bond acceptors (Lipinski definition) is 0. The number of halogens is 4. The minimum atomic E-state index is 0. The van der Waals surface area contributed by atoms with Gasteiger partial charge in [0.25, 0.3) is 0 Å². The molecule has 0 aromatic heterocycles. The maximum Gasteiger partial charge on any atom is 0 e. The Morgan fingerprint density at radius 1 is 0.400 bits per heavy atom. The Morgan fingerprint density at radius 2 is 0.400 bits per heavy atom. The Kier molecular flexibility index (Phi) is 188000. The monoisotopic (exact) mass is 87.0 g/mol. The summed E-state index contributed by atoms with van der Waals surface area (Å²) in [4.78, 5) is 0. The molecule has 0 saturated carbocycles. The summed E-state index contributed by atoms with van der Waals surface area (Å²) in [5, 5.41) is 0. The third-order valence-electron chi connectivity index (χ3n) is 0. The van der Waals surface area contributed by atoms with Gasteiger partial charge in [0.15, 0.2) is 0 Å². The molecule has 0 saturated heterocycles. The van der Waals surface area contributed by atoms with E-state index in [0.717, 1.165) is 0 Å². The summed E-state index contributed by atoms with van der Waals surface area (Å²) in [6.07, 6.45) is 0. The smallest absolute Gasteiger partial charge is 0 e. The fraction of sp³-hybridized carbons (Fsp3) is 0. The highest BCUT2D eigenvalue weighted by molar-refractivity contribution is 5.75. The first-order valence-electron chi connectivity index (χ1n) is 0. The molecule has 0 fully saturated rings. The van der Waals surface area contributed by atoms with E-state index in [0.29, 0.717) is 0 Å². The molecule has 0 N–H and O–H groups in total. The van der Waals surface area contributed by atoms with Crippen LogP contribution in [0.2, 0.25) is 0 Å². The third-order valence-corrected chi connectivity index (χ3v) is 0. The van der Waals surface area contributed by atoms with Crippen LogP contribution in [0, 0.1) is 0 Å². The molecule has 0 bridgehead atoms. The van der Waals surface area contributed by atoms with E-state index in [9.17, 15) is 0 Å². The van der Waals surface area contributed by atoms with Gasteiger partial charge in [-0.05, 0) is 0 Å². The zero-order valence-corrected chi connectivity index (χ0v) is 2.09. The van der Waals surface area contributed by atoms with Gasteiger partial charge in [-0.1, -0.05) is 0 Å². The maximum absolute atomic E-state index is 0. The van der Waals surface area contributed by atoms with Crippen LogP contribution in [-0.2, 0) is 0 Å². The van der Waals surface area contributed by atoms with Crippen molar-refractivity contribution in [3.05, 3.63) is 0 Å². The van der Waals surface area contributed by atoms with E-state index in [1.54, 1.807) is 0 Å². The summed E-state index contributed by atoms with van der Waals surface area (Å²) in [5.41, 5.74) is 0. The molecule has 0 spiro atoms. The molecule has 0 aliphatic carbocycles. The van der Waals surface area contributed by atoms with Crippen LogP contribution >= 0.6 is 0 Å². The fourth-order valence-electron chi connectivity index (χ4n) is 0. The summed E-state index contributed by atoms with van der Waals surface area (Å²) in [6.45, 7) is 0. The molecule has 0 atom stereocenters. The van der Waals surface area contributed by atoms with Crippen molar-refractivity contribution in [1.29, 1.82) is 0 Å². The van der Waals surface area contributed by atoms with Crippen LogP contribution in [0.25, 0.3) is 0 Å². The van der Waals surface area contributed by atoms with Gasteiger partial charge < -0.3 is 18.8 Å². The Bertz CT molecular complexity index is 3.61. The molecule has 0 aliphatic heterocycles. The van der Waals surface area contributed by atoms with Gasteiger partial charge in [0, 0.05) is 8.41 Å². The van der Waals surface area contributed by atoms with Gasteiger partial charge in [-0.3, -0.25) is 0 Å². The molecule has 35 valence electrons. The lowest BCUT2D eigenvalue weighted by molar-refractivity contribution is -0.00100. The molecule has 0 rings (SSSR count). The molecule has 0 heterocycles. The first kappa shape index (κ1) is 1480. The summed E-state index contributed by atoms with van der Waals surface area (Å²) in [7, 11) is 0. The number of hydrogen-bond donors (Lipinski definition) is 0. The summed E-state index contributed by atoms with van der Waals surface area (Å²) in [5.74, 6) is 0. The first-order valence-corrected chi connectivity index (χ1v) is 0. The second-order valence-corrected chi connectivity index (χ2v) is 0. The Labute approximate surface area is 28.6 Å². The average Bonchev–Trinajstić information content (AvgIpc) is 0. The first-order chi connectivity index (χ1) is 0. The van der Waals surface area contributed by atoms with E-state index in [4.69, 9.17) is 0 Å². The zero-order chi connectivity index (χ0) is 0. The van der Waals surface area contributed by atoms with Crippen molar-refractivity contribution >= 4 is 8.41 Å². The molecule has 5 heteroatoms. The van der Waals surface area contributed by atoms with Crippen LogP contribution in [0.4, 0.5) is 0 Å². The van der Waals surface area contributed by atoms with E-state index in [-0.39, 0.29) is 27.2 Å². The van der Waals surface area contributed by atoms with Crippen molar-refractivity contribution in [2.45, 2.75) is 0 Å².